The number of aromatic nitrogens is 4. The summed E-state index contributed by atoms with van der Waals surface area (Å²) < 4.78 is 5.83. The number of nitrogens with one attached hydrogen (secondary N) is 2. The maximum Gasteiger partial charge on any atom is 0.265 e. The van der Waals surface area contributed by atoms with Crippen molar-refractivity contribution in [1.29, 1.82) is 0 Å². The fourth-order valence-electron chi connectivity index (χ4n) is 2.31. The summed E-state index contributed by atoms with van der Waals surface area (Å²) in [6.45, 7) is 1.84. The van der Waals surface area contributed by atoms with E-state index >= 15 is 0 Å². The van der Waals surface area contributed by atoms with E-state index in [9.17, 15) is 9.59 Å². The second kappa shape index (κ2) is 7.28. The van der Waals surface area contributed by atoms with Crippen molar-refractivity contribution in [1.82, 2.24) is 25.1 Å². The Labute approximate surface area is 162 Å². The summed E-state index contributed by atoms with van der Waals surface area (Å²) in [5.74, 6) is 0.449. The van der Waals surface area contributed by atoms with Gasteiger partial charge in [-0.2, -0.15) is 5.10 Å². The van der Waals surface area contributed by atoms with Crippen LogP contribution in [-0.2, 0) is 3.55 Å². The van der Waals surface area contributed by atoms with Crippen molar-refractivity contribution >= 4 is 28.5 Å². The standard InChI is InChI=1S/C17H16IN5O3/c1-17(18,11-4-6-12(26-2)7-5-11)22-15(25)13-10-19-16(21-14(13)24)23-9-3-8-20-23/h3-10H,1-2H3,(H,22,25)(H,19,21,24)/t17-/m1/s1. The molecule has 134 valence electrons. The predicted molar refractivity (Wildman–Crippen MR) is 104 cm³/mol. The van der Waals surface area contributed by atoms with Crippen LogP contribution in [0.25, 0.3) is 5.95 Å². The van der Waals surface area contributed by atoms with Gasteiger partial charge in [0.15, 0.2) is 0 Å². The van der Waals surface area contributed by atoms with E-state index < -0.39 is 15.0 Å². The normalized spacial score (nSPS) is 13.0. The molecule has 3 rings (SSSR count). The van der Waals surface area contributed by atoms with Crippen LogP contribution in [-0.4, -0.2) is 32.8 Å². The maximum absolute atomic E-state index is 12.6. The average Bonchev–Trinajstić information content (AvgIpc) is 3.16. The lowest BCUT2D eigenvalue weighted by Gasteiger charge is -2.25. The summed E-state index contributed by atoms with van der Waals surface area (Å²) in [4.78, 5) is 31.5. The van der Waals surface area contributed by atoms with Crippen molar-refractivity contribution in [3.63, 3.8) is 0 Å². The van der Waals surface area contributed by atoms with Crippen molar-refractivity contribution < 1.29 is 9.53 Å². The molecule has 0 spiro atoms. The Morgan fingerprint density at radius 2 is 2.08 bits per heavy atom. The Kier molecular flexibility index (Phi) is 5.07. The molecule has 0 aliphatic heterocycles. The number of aromatic amines is 1. The second-order valence-electron chi connectivity index (χ2n) is 5.59. The van der Waals surface area contributed by atoms with E-state index in [4.69, 9.17) is 4.74 Å². The highest BCUT2D eigenvalue weighted by atomic mass is 127. The second-order valence-corrected chi connectivity index (χ2v) is 7.74. The van der Waals surface area contributed by atoms with Crippen LogP contribution in [0.3, 0.4) is 0 Å². The van der Waals surface area contributed by atoms with Crippen LogP contribution >= 0.6 is 22.6 Å². The van der Waals surface area contributed by atoms with Gasteiger partial charge in [0.2, 0.25) is 5.95 Å². The minimum atomic E-state index is -0.714. The molecule has 0 fully saturated rings. The summed E-state index contributed by atoms with van der Waals surface area (Å²) in [6, 6.07) is 9.04. The zero-order chi connectivity index (χ0) is 18.7. The first-order chi connectivity index (χ1) is 12.4. The van der Waals surface area contributed by atoms with Crippen molar-refractivity contribution in [2.45, 2.75) is 10.5 Å². The van der Waals surface area contributed by atoms with Crippen LogP contribution in [0.15, 0.2) is 53.7 Å². The van der Waals surface area contributed by atoms with Crippen LogP contribution in [0.2, 0.25) is 0 Å². The number of methoxy groups -OCH3 is 1. The molecule has 1 aromatic carbocycles. The first-order valence-electron chi connectivity index (χ1n) is 7.66. The first kappa shape index (κ1) is 18.1. The van der Waals surface area contributed by atoms with Crippen molar-refractivity contribution in [3.05, 3.63) is 70.4 Å². The molecule has 0 bridgehead atoms. The highest BCUT2D eigenvalue weighted by molar-refractivity contribution is 14.1. The molecule has 9 heteroatoms. The van der Waals surface area contributed by atoms with Crippen LogP contribution in [0.1, 0.15) is 22.8 Å². The third kappa shape index (κ3) is 3.77. The number of rotatable bonds is 5. The molecule has 8 nitrogen and oxygen atoms in total. The highest BCUT2D eigenvalue weighted by Crippen LogP contribution is 2.29. The predicted octanol–water partition coefficient (Wildman–Crippen LogP) is 2.00. The number of ether oxygens (including phenoxy) is 1. The van der Waals surface area contributed by atoms with Crippen LogP contribution in [0.4, 0.5) is 0 Å². The minimum Gasteiger partial charge on any atom is -0.497 e. The van der Waals surface area contributed by atoms with E-state index in [-0.39, 0.29) is 11.5 Å². The van der Waals surface area contributed by atoms with Crippen LogP contribution < -0.4 is 15.6 Å². The minimum absolute atomic E-state index is 0.0719. The lowest BCUT2D eigenvalue weighted by Crippen LogP contribution is -2.40. The Morgan fingerprint density at radius 1 is 1.35 bits per heavy atom. The molecule has 0 aliphatic carbocycles. The number of nitrogens with zero attached hydrogens (tertiary/aromatic N) is 3. The summed E-state index contributed by atoms with van der Waals surface area (Å²) in [5, 5.41) is 6.83. The molecule has 0 unspecified atom stereocenters. The zero-order valence-electron chi connectivity index (χ0n) is 14.1. The van der Waals surface area contributed by atoms with Gasteiger partial charge >= 0.3 is 0 Å². The molecule has 3 aromatic rings. The van der Waals surface area contributed by atoms with Gasteiger partial charge in [0, 0.05) is 18.6 Å². The van der Waals surface area contributed by atoms with Crippen molar-refractivity contribution in [3.8, 4) is 11.7 Å². The quantitative estimate of drug-likeness (QED) is 0.341. The molecule has 0 aliphatic rings. The van der Waals surface area contributed by atoms with Gasteiger partial charge in [0.05, 0.1) is 7.11 Å². The van der Waals surface area contributed by atoms with E-state index in [0.29, 0.717) is 0 Å². The number of halogens is 1. The molecule has 2 aromatic heterocycles. The Morgan fingerprint density at radius 3 is 2.65 bits per heavy atom. The fourth-order valence-corrected chi connectivity index (χ4v) is 2.92. The number of hydrogen-bond donors (Lipinski definition) is 2. The molecule has 2 heterocycles. The summed E-state index contributed by atoms with van der Waals surface area (Å²) >= 11 is 2.11. The number of benzene rings is 1. The average molecular weight is 465 g/mol. The fraction of sp³-hybridized carbons (Fsp3) is 0.176. The SMILES string of the molecule is COc1ccc([C@](C)(I)NC(=O)c2cnc(-n3cccn3)[nH]c2=O)cc1. The van der Waals surface area contributed by atoms with Gasteiger partial charge in [-0.05, 0) is 53.3 Å². The highest BCUT2D eigenvalue weighted by Gasteiger charge is 2.27. The van der Waals surface area contributed by atoms with Gasteiger partial charge in [0.1, 0.15) is 14.9 Å². The Hall–Kier alpha value is -2.69. The monoisotopic (exact) mass is 465 g/mol. The summed E-state index contributed by atoms with van der Waals surface area (Å²) in [6.07, 6.45) is 4.45. The molecule has 2 N–H and O–H groups in total. The first-order valence-corrected chi connectivity index (χ1v) is 8.74. The molecule has 26 heavy (non-hydrogen) atoms. The Balaban J connectivity index is 1.81. The molecule has 0 saturated carbocycles. The smallest absolute Gasteiger partial charge is 0.265 e. The van der Waals surface area contributed by atoms with Crippen molar-refractivity contribution in [2.24, 2.45) is 0 Å². The number of carbonyl (C=O) groups is 1. The van der Waals surface area contributed by atoms with Gasteiger partial charge in [-0.1, -0.05) is 12.1 Å². The van der Waals surface area contributed by atoms with Gasteiger partial charge in [0.25, 0.3) is 11.5 Å². The Bertz CT molecular complexity index is 965. The van der Waals surface area contributed by atoms with Crippen molar-refractivity contribution in [2.75, 3.05) is 7.11 Å². The van der Waals surface area contributed by atoms with Crippen LogP contribution in [0, 0.1) is 0 Å². The summed E-state index contributed by atoms with van der Waals surface area (Å²) in [5.41, 5.74) is 0.257. The van der Waals surface area contributed by atoms with E-state index in [1.807, 2.05) is 31.2 Å². The largest absolute Gasteiger partial charge is 0.497 e. The lowest BCUT2D eigenvalue weighted by atomic mass is 10.1. The van der Waals surface area contributed by atoms with E-state index in [1.165, 1.54) is 10.9 Å². The molecule has 1 amide bonds. The van der Waals surface area contributed by atoms with E-state index in [0.717, 1.165) is 11.3 Å². The molecular formula is C17H16IN5O3. The third-order valence-electron chi connectivity index (χ3n) is 3.73. The number of H-pyrrole nitrogens is 1. The summed E-state index contributed by atoms with van der Waals surface area (Å²) in [7, 11) is 1.59. The topological polar surface area (TPSA) is 102 Å². The van der Waals surface area contributed by atoms with E-state index in [2.05, 4.69) is 43.0 Å². The lowest BCUT2D eigenvalue weighted by molar-refractivity contribution is 0.0934. The third-order valence-corrected chi connectivity index (χ3v) is 4.62. The molecule has 0 radical (unpaired) electrons. The van der Waals surface area contributed by atoms with E-state index in [1.54, 1.807) is 25.6 Å². The van der Waals surface area contributed by atoms with Gasteiger partial charge in [-0.25, -0.2) is 9.67 Å². The molecular weight excluding hydrogens is 449 g/mol. The van der Waals surface area contributed by atoms with Crippen LogP contribution in [0.5, 0.6) is 5.75 Å². The molecule has 0 saturated heterocycles. The number of carbonyl (C=O) groups excluding carboxylic acids is 1. The number of hydrogen-bond acceptors (Lipinski definition) is 5. The zero-order valence-corrected chi connectivity index (χ0v) is 16.2. The number of amides is 1. The van der Waals surface area contributed by atoms with Gasteiger partial charge in [-0.3, -0.25) is 14.6 Å². The number of alkyl halides is 1. The van der Waals surface area contributed by atoms with Gasteiger partial charge < -0.3 is 10.1 Å². The van der Waals surface area contributed by atoms with Gasteiger partial charge in [-0.15, -0.1) is 0 Å². The maximum atomic E-state index is 12.6. The molecule has 1 atom stereocenters.